The van der Waals surface area contributed by atoms with Gasteiger partial charge in [-0.3, -0.25) is 4.79 Å². The highest BCUT2D eigenvalue weighted by Crippen LogP contribution is 2.27. The molecule has 0 aliphatic carbocycles. The van der Waals surface area contributed by atoms with E-state index >= 15 is 0 Å². The average Bonchev–Trinajstić information content (AvgIpc) is 2.69. The number of anilines is 1. The van der Waals surface area contributed by atoms with Crippen LogP contribution in [-0.4, -0.2) is 5.91 Å². The third-order valence-electron chi connectivity index (χ3n) is 4.44. The van der Waals surface area contributed by atoms with Gasteiger partial charge in [0.05, 0.1) is 0 Å². The van der Waals surface area contributed by atoms with Gasteiger partial charge in [-0.05, 0) is 60.4 Å². The van der Waals surface area contributed by atoms with Crippen molar-refractivity contribution < 1.29 is 4.79 Å². The first-order valence-corrected chi connectivity index (χ1v) is 9.12. The van der Waals surface area contributed by atoms with Crippen LogP contribution in [0.3, 0.4) is 0 Å². The van der Waals surface area contributed by atoms with Gasteiger partial charge in [-0.15, -0.1) is 0 Å². The molecule has 3 rings (SSSR count). The number of nitrogens with one attached hydrogen (secondary N) is 1. The Morgan fingerprint density at radius 1 is 0.815 bits per heavy atom. The maximum absolute atomic E-state index is 12.7. The first kappa shape index (κ1) is 18.5. The summed E-state index contributed by atoms with van der Waals surface area (Å²) in [6.45, 7) is 6.28. The molecule has 0 aromatic heterocycles. The SMILES string of the molecule is Cc1cccc(C(C)C)c1NC(=O)c1ccc(C#Cc2ccccc2)cc1. The Morgan fingerprint density at radius 3 is 2.07 bits per heavy atom. The van der Waals surface area contributed by atoms with Crippen LogP contribution in [0.4, 0.5) is 5.69 Å². The molecule has 2 nitrogen and oxygen atoms in total. The van der Waals surface area contributed by atoms with E-state index in [9.17, 15) is 4.79 Å². The van der Waals surface area contributed by atoms with Crippen molar-refractivity contribution in [2.24, 2.45) is 0 Å². The molecule has 3 aromatic carbocycles. The van der Waals surface area contributed by atoms with Crippen LogP contribution in [0.1, 0.15) is 52.4 Å². The molecule has 0 aliphatic rings. The Morgan fingerprint density at radius 2 is 1.44 bits per heavy atom. The molecule has 1 N–H and O–H groups in total. The van der Waals surface area contributed by atoms with Crippen molar-refractivity contribution >= 4 is 11.6 Å². The van der Waals surface area contributed by atoms with Crippen molar-refractivity contribution in [3.05, 3.63) is 101 Å². The van der Waals surface area contributed by atoms with Crippen molar-refractivity contribution in [1.29, 1.82) is 0 Å². The number of carbonyl (C=O) groups is 1. The number of aryl methyl sites for hydroxylation is 1. The zero-order chi connectivity index (χ0) is 19.2. The number of hydrogen-bond donors (Lipinski definition) is 1. The molecular formula is C25H23NO. The van der Waals surface area contributed by atoms with Gasteiger partial charge in [0.15, 0.2) is 0 Å². The fraction of sp³-hybridized carbons (Fsp3) is 0.160. The zero-order valence-corrected chi connectivity index (χ0v) is 15.9. The predicted octanol–water partition coefficient (Wildman–Crippen LogP) is 5.77. The summed E-state index contributed by atoms with van der Waals surface area (Å²) in [5.41, 5.74) is 5.60. The molecule has 0 saturated carbocycles. The molecule has 2 heteroatoms. The van der Waals surface area contributed by atoms with Crippen molar-refractivity contribution in [2.45, 2.75) is 26.7 Å². The fourth-order valence-corrected chi connectivity index (χ4v) is 2.90. The molecule has 0 atom stereocenters. The van der Waals surface area contributed by atoms with E-state index in [0.717, 1.165) is 27.9 Å². The van der Waals surface area contributed by atoms with Crippen molar-refractivity contribution in [3.63, 3.8) is 0 Å². The van der Waals surface area contributed by atoms with Crippen LogP contribution in [0.5, 0.6) is 0 Å². The normalized spacial score (nSPS) is 10.2. The summed E-state index contributed by atoms with van der Waals surface area (Å²) in [5.74, 6) is 6.49. The maximum Gasteiger partial charge on any atom is 0.255 e. The first-order chi connectivity index (χ1) is 13.0. The summed E-state index contributed by atoms with van der Waals surface area (Å²) in [6, 6.07) is 23.4. The summed E-state index contributed by atoms with van der Waals surface area (Å²) >= 11 is 0. The molecule has 3 aromatic rings. The summed E-state index contributed by atoms with van der Waals surface area (Å²) in [4.78, 5) is 12.7. The maximum atomic E-state index is 12.7. The van der Waals surface area contributed by atoms with Gasteiger partial charge in [0.2, 0.25) is 0 Å². The number of carbonyl (C=O) groups excluding carboxylic acids is 1. The van der Waals surface area contributed by atoms with Gasteiger partial charge in [-0.2, -0.15) is 0 Å². The lowest BCUT2D eigenvalue weighted by Gasteiger charge is -2.16. The highest BCUT2D eigenvalue weighted by molar-refractivity contribution is 6.05. The van der Waals surface area contributed by atoms with Crippen LogP contribution in [0.25, 0.3) is 0 Å². The molecule has 134 valence electrons. The smallest absolute Gasteiger partial charge is 0.255 e. The van der Waals surface area contributed by atoms with Crippen molar-refractivity contribution in [2.75, 3.05) is 5.32 Å². The summed E-state index contributed by atoms with van der Waals surface area (Å²) in [6.07, 6.45) is 0. The van der Waals surface area contributed by atoms with E-state index in [1.165, 1.54) is 0 Å². The number of hydrogen-bond acceptors (Lipinski definition) is 1. The van der Waals surface area contributed by atoms with Gasteiger partial charge in [-0.25, -0.2) is 0 Å². The van der Waals surface area contributed by atoms with E-state index < -0.39 is 0 Å². The van der Waals surface area contributed by atoms with E-state index in [1.54, 1.807) is 0 Å². The molecule has 0 aliphatic heterocycles. The standard InChI is InChI=1S/C25H23NO/c1-18(2)23-11-7-8-19(3)24(23)26-25(27)22-16-14-21(15-17-22)13-12-20-9-5-4-6-10-20/h4-11,14-18H,1-3H3,(H,26,27). The van der Waals surface area contributed by atoms with Crippen molar-refractivity contribution in [1.82, 2.24) is 0 Å². The average molecular weight is 353 g/mol. The Kier molecular flexibility index (Phi) is 5.74. The minimum Gasteiger partial charge on any atom is -0.321 e. The van der Waals surface area contributed by atoms with Crippen molar-refractivity contribution in [3.8, 4) is 11.8 Å². The lowest BCUT2D eigenvalue weighted by atomic mass is 9.98. The largest absolute Gasteiger partial charge is 0.321 e. The summed E-state index contributed by atoms with van der Waals surface area (Å²) in [5, 5.41) is 3.08. The van der Waals surface area contributed by atoms with E-state index in [-0.39, 0.29) is 5.91 Å². The van der Waals surface area contributed by atoms with Crippen LogP contribution in [0.2, 0.25) is 0 Å². The Hall–Kier alpha value is -3.31. The molecule has 0 bridgehead atoms. The van der Waals surface area contributed by atoms with E-state index in [2.05, 4.69) is 37.1 Å². The van der Waals surface area contributed by atoms with Gasteiger partial charge in [0.25, 0.3) is 5.91 Å². The third-order valence-corrected chi connectivity index (χ3v) is 4.44. The van der Waals surface area contributed by atoms with Crippen LogP contribution in [-0.2, 0) is 0 Å². The number of benzene rings is 3. The highest BCUT2D eigenvalue weighted by Gasteiger charge is 2.13. The Bertz CT molecular complexity index is 990. The Balaban J connectivity index is 1.77. The van der Waals surface area contributed by atoms with Crippen LogP contribution in [0.15, 0.2) is 72.8 Å². The molecular weight excluding hydrogens is 330 g/mol. The second-order valence-corrected chi connectivity index (χ2v) is 6.84. The minimum atomic E-state index is -0.103. The monoisotopic (exact) mass is 353 g/mol. The molecule has 0 heterocycles. The number of amides is 1. The minimum absolute atomic E-state index is 0.103. The number of rotatable bonds is 3. The van der Waals surface area contributed by atoms with Gasteiger partial charge < -0.3 is 5.32 Å². The van der Waals surface area contributed by atoms with Gasteiger partial charge in [0.1, 0.15) is 0 Å². The molecule has 0 unspecified atom stereocenters. The molecule has 0 radical (unpaired) electrons. The van der Waals surface area contributed by atoms with Gasteiger partial charge in [0, 0.05) is 22.4 Å². The van der Waals surface area contributed by atoms with E-state index in [4.69, 9.17) is 0 Å². The third kappa shape index (κ3) is 4.65. The van der Waals surface area contributed by atoms with Crippen LogP contribution in [0, 0.1) is 18.8 Å². The Labute approximate surface area is 161 Å². The molecule has 0 saturated heterocycles. The number of para-hydroxylation sites is 1. The van der Waals surface area contributed by atoms with Crippen LogP contribution >= 0.6 is 0 Å². The van der Waals surface area contributed by atoms with Crippen LogP contribution < -0.4 is 5.32 Å². The quantitative estimate of drug-likeness (QED) is 0.595. The highest BCUT2D eigenvalue weighted by atomic mass is 16.1. The summed E-state index contributed by atoms with van der Waals surface area (Å²) in [7, 11) is 0. The lowest BCUT2D eigenvalue weighted by molar-refractivity contribution is 0.102. The molecule has 1 amide bonds. The molecule has 0 fully saturated rings. The molecule has 27 heavy (non-hydrogen) atoms. The summed E-state index contributed by atoms with van der Waals surface area (Å²) < 4.78 is 0. The van der Waals surface area contributed by atoms with Gasteiger partial charge in [-0.1, -0.05) is 62.1 Å². The fourth-order valence-electron chi connectivity index (χ4n) is 2.90. The topological polar surface area (TPSA) is 29.1 Å². The zero-order valence-electron chi connectivity index (χ0n) is 15.9. The second kappa shape index (κ2) is 8.38. The predicted molar refractivity (Wildman–Crippen MR) is 112 cm³/mol. The lowest BCUT2D eigenvalue weighted by Crippen LogP contribution is -2.14. The second-order valence-electron chi connectivity index (χ2n) is 6.84. The van der Waals surface area contributed by atoms with E-state index in [0.29, 0.717) is 11.5 Å². The molecule has 0 spiro atoms. The first-order valence-electron chi connectivity index (χ1n) is 9.12. The van der Waals surface area contributed by atoms with Gasteiger partial charge >= 0.3 is 0 Å². The van der Waals surface area contributed by atoms with E-state index in [1.807, 2.05) is 73.7 Å².